The van der Waals surface area contributed by atoms with Gasteiger partial charge in [-0.3, -0.25) is 0 Å². The maximum Gasteiger partial charge on any atom is 0.218 e. The number of halogens is 1. The van der Waals surface area contributed by atoms with E-state index in [0.717, 1.165) is 6.42 Å². The minimum absolute atomic E-state index is 0.113. The van der Waals surface area contributed by atoms with Gasteiger partial charge < -0.3 is 9.47 Å². The van der Waals surface area contributed by atoms with Crippen LogP contribution in [0.15, 0.2) is 18.2 Å². The van der Waals surface area contributed by atoms with Gasteiger partial charge in [-0.2, -0.15) is 0 Å². The van der Waals surface area contributed by atoms with Crippen LogP contribution in [0.2, 0.25) is 5.02 Å². The lowest BCUT2D eigenvalue weighted by atomic mass is 10.1. The van der Waals surface area contributed by atoms with Crippen LogP contribution in [0, 0.1) is 5.92 Å². The summed E-state index contributed by atoms with van der Waals surface area (Å²) in [6, 6.07) is 5.02. The predicted molar refractivity (Wildman–Crippen MR) is 86.8 cm³/mol. The second kappa shape index (κ2) is 7.64. The van der Waals surface area contributed by atoms with Crippen LogP contribution in [0.4, 0.5) is 0 Å². The average molecular weight is 348 g/mol. The first kappa shape index (κ1) is 17.5. The summed E-state index contributed by atoms with van der Waals surface area (Å²) in [6.45, 7) is 4.14. The smallest absolute Gasteiger partial charge is 0.218 e. The average Bonchev–Trinajstić information content (AvgIpc) is 2.97. The number of hydrogen-bond donors (Lipinski definition) is 0. The first-order valence-corrected chi connectivity index (χ1v) is 9.33. The monoisotopic (exact) mass is 347 g/mol. The summed E-state index contributed by atoms with van der Waals surface area (Å²) in [7, 11) is -1.90. The summed E-state index contributed by atoms with van der Waals surface area (Å²) in [5.74, 6) is 0.697. The fourth-order valence-electron chi connectivity index (χ4n) is 2.60. The fraction of sp³-hybridized carbons (Fsp3) is 0.600. The van der Waals surface area contributed by atoms with Crippen molar-refractivity contribution in [2.24, 2.45) is 5.92 Å². The third-order valence-corrected chi connectivity index (χ3v) is 5.92. The standard InChI is InChI=1S/C15H22ClNO4S/c1-3-17(9-12-6-7-21-10-12)22(18,19)11-13-8-14(16)4-5-15(13)20-2/h4-5,8,12H,3,6-7,9-11H2,1-2H3. The summed E-state index contributed by atoms with van der Waals surface area (Å²) < 4.78 is 37.4. The van der Waals surface area contributed by atoms with Crippen LogP contribution in [-0.2, 0) is 20.5 Å². The third kappa shape index (κ3) is 4.35. The van der Waals surface area contributed by atoms with Crippen LogP contribution in [0.1, 0.15) is 18.9 Å². The minimum Gasteiger partial charge on any atom is -0.496 e. The van der Waals surface area contributed by atoms with Crippen LogP contribution < -0.4 is 4.74 Å². The predicted octanol–water partition coefficient (Wildman–Crippen LogP) is 2.54. The Hall–Kier alpha value is -0.820. The van der Waals surface area contributed by atoms with Gasteiger partial charge in [-0.25, -0.2) is 12.7 Å². The number of ether oxygens (including phenoxy) is 2. The lowest BCUT2D eigenvalue weighted by Gasteiger charge is -2.23. The Balaban J connectivity index is 2.16. The summed E-state index contributed by atoms with van der Waals surface area (Å²) in [6.07, 6.45) is 0.909. The van der Waals surface area contributed by atoms with E-state index < -0.39 is 10.0 Å². The van der Waals surface area contributed by atoms with Gasteiger partial charge in [0.25, 0.3) is 0 Å². The fourth-order valence-corrected chi connectivity index (χ4v) is 4.43. The molecule has 0 aromatic heterocycles. The minimum atomic E-state index is -3.42. The molecule has 1 aromatic carbocycles. The van der Waals surface area contributed by atoms with Gasteiger partial charge in [0.1, 0.15) is 5.75 Å². The molecule has 0 aliphatic carbocycles. The van der Waals surface area contributed by atoms with Crippen molar-refractivity contribution in [3.63, 3.8) is 0 Å². The van der Waals surface area contributed by atoms with Crippen molar-refractivity contribution >= 4 is 21.6 Å². The topological polar surface area (TPSA) is 55.8 Å². The van der Waals surface area contributed by atoms with E-state index in [0.29, 0.717) is 42.6 Å². The highest BCUT2D eigenvalue weighted by Crippen LogP contribution is 2.26. The van der Waals surface area contributed by atoms with Gasteiger partial charge in [0, 0.05) is 30.3 Å². The molecule has 1 fully saturated rings. The van der Waals surface area contributed by atoms with Gasteiger partial charge in [0.15, 0.2) is 0 Å². The van der Waals surface area contributed by atoms with E-state index in [2.05, 4.69) is 0 Å². The first-order chi connectivity index (χ1) is 10.5. The number of methoxy groups -OCH3 is 1. The second-order valence-electron chi connectivity index (χ2n) is 5.39. The zero-order valence-corrected chi connectivity index (χ0v) is 14.5. The molecular weight excluding hydrogens is 326 g/mol. The summed E-state index contributed by atoms with van der Waals surface area (Å²) in [5, 5.41) is 0.498. The molecule has 1 atom stereocenters. The van der Waals surface area contributed by atoms with Gasteiger partial charge >= 0.3 is 0 Å². The molecule has 2 rings (SSSR count). The second-order valence-corrected chi connectivity index (χ2v) is 7.80. The van der Waals surface area contributed by atoms with Gasteiger partial charge in [-0.05, 0) is 30.5 Å². The van der Waals surface area contributed by atoms with Crippen LogP contribution in [0.5, 0.6) is 5.75 Å². The number of nitrogens with zero attached hydrogens (tertiary/aromatic N) is 1. The molecule has 1 aliphatic heterocycles. The molecule has 0 spiro atoms. The van der Waals surface area contributed by atoms with Crippen LogP contribution in [0.25, 0.3) is 0 Å². The molecule has 7 heteroatoms. The maximum atomic E-state index is 12.7. The molecule has 22 heavy (non-hydrogen) atoms. The Bertz CT molecular complexity index is 600. The molecular formula is C15H22ClNO4S. The first-order valence-electron chi connectivity index (χ1n) is 7.34. The molecule has 1 heterocycles. The van der Waals surface area contributed by atoms with Crippen molar-refractivity contribution in [2.75, 3.05) is 33.4 Å². The Kier molecular flexibility index (Phi) is 6.09. The lowest BCUT2D eigenvalue weighted by Crippen LogP contribution is -2.36. The Morgan fingerprint density at radius 3 is 2.82 bits per heavy atom. The molecule has 5 nitrogen and oxygen atoms in total. The molecule has 1 aliphatic rings. The Morgan fingerprint density at radius 1 is 1.45 bits per heavy atom. The summed E-state index contributed by atoms with van der Waals surface area (Å²) in [4.78, 5) is 0. The van der Waals surface area contributed by atoms with Crippen molar-refractivity contribution in [1.82, 2.24) is 4.31 Å². The van der Waals surface area contributed by atoms with Crippen molar-refractivity contribution in [3.05, 3.63) is 28.8 Å². The highest BCUT2D eigenvalue weighted by Gasteiger charge is 2.27. The number of benzene rings is 1. The van der Waals surface area contributed by atoms with E-state index in [1.807, 2.05) is 6.92 Å². The molecule has 0 N–H and O–H groups in total. The highest BCUT2D eigenvalue weighted by molar-refractivity contribution is 7.88. The SMILES string of the molecule is CCN(CC1CCOC1)S(=O)(=O)Cc1cc(Cl)ccc1OC. The van der Waals surface area contributed by atoms with Crippen LogP contribution in [0.3, 0.4) is 0 Å². The number of rotatable bonds is 7. The van der Waals surface area contributed by atoms with Crippen molar-refractivity contribution in [2.45, 2.75) is 19.1 Å². The van der Waals surface area contributed by atoms with E-state index in [-0.39, 0.29) is 11.7 Å². The van der Waals surface area contributed by atoms with E-state index in [4.69, 9.17) is 21.1 Å². The van der Waals surface area contributed by atoms with Crippen LogP contribution in [-0.4, -0.2) is 46.1 Å². The van der Waals surface area contributed by atoms with Gasteiger partial charge in [0.2, 0.25) is 10.0 Å². The molecule has 1 aromatic rings. The van der Waals surface area contributed by atoms with E-state index in [9.17, 15) is 8.42 Å². The van der Waals surface area contributed by atoms with Crippen molar-refractivity contribution in [1.29, 1.82) is 0 Å². The van der Waals surface area contributed by atoms with Gasteiger partial charge in [0.05, 0.1) is 19.5 Å². The molecule has 0 bridgehead atoms. The molecule has 0 saturated carbocycles. The van der Waals surface area contributed by atoms with Crippen LogP contribution >= 0.6 is 11.6 Å². The largest absolute Gasteiger partial charge is 0.496 e. The maximum absolute atomic E-state index is 12.7. The molecule has 0 amide bonds. The molecule has 124 valence electrons. The van der Waals surface area contributed by atoms with Crippen molar-refractivity contribution < 1.29 is 17.9 Å². The van der Waals surface area contributed by atoms with E-state index in [1.54, 1.807) is 18.2 Å². The third-order valence-electron chi connectivity index (χ3n) is 3.81. The molecule has 0 radical (unpaired) electrons. The van der Waals surface area contributed by atoms with Gasteiger partial charge in [-0.1, -0.05) is 18.5 Å². The highest BCUT2D eigenvalue weighted by atomic mass is 35.5. The zero-order valence-electron chi connectivity index (χ0n) is 12.9. The Morgan fingerprint density at radius 2 is 2.23 bits per heavy atom. The summed E-state index contributed by atoms with van der Waals surface area (Å²) in [5.41, 5.74) is 0.580. The quantitative estimate of drug-likeness (QED) is 0.760. The normalized spacial score (nSPS) is 18.8. The summed E-state index contributed by atoms with van der Waals surface area (Å²) >= 11 is 5.97. The van der Waals surface area contributed by atoms with E-state index in [1.165, 1.54) is 11.4 Å². The van der Waals surface area contributed by atoms with Gasteiger partial charge in [-0.15, -0.1) is 0 Å². The number of hydrogen-bond acceptors (Lipinski definition) is 4. The Labute approximate surface area is 137 Å². The number of sulfonamides is 1. The van der Waals surface area contributed by atoms with Crippen molar-refractivity contribution in [3.8, 4) is 5.75 Å². The van der Waals surface area contributed by atoms with E-state index >= 15 is 0 Å². The molecule has 1 saturated heterocycles. The lowest BCUT2D eigenvalue weighted by molar-refractivity contribution is 0.181. The molecule has 1 unspecified atom stereocenters. The zero-order chi connectivity index (χ0) is 16.2.